The summed E-state index contributed by atoms with van der Waals surface area (Å²) in [4.78, 5) is 11.9. The van der Waals surface area contributed by atoms with Crippen LogP contribution in [0.3, 0.4) is 0 Å². The van der Waals surface area contributed by atoms with Gasteiger partial charge in [-0.15, -0.1) is 0 Å². The minimum Gasteiger partial charge on any atom is -0.506 e. The van der Waals surface area contributed by atoms with E-state index in [4.69, 9.17) is 8.83 Å². The number of hydrogen-bond donors (Lipinski definition) is 2. The second-order valence-corrected chi connectivity index (χ2v) is 4.00. The Morgan fingerprint density at radius 3 is 2.72 bits per heavy atom. The molecule has 3 aromatic rings. The van der Waals surface area contributed by atoms with E-state index in [0.29, 0.717) is 12.2 Å². The normalized spacial score (nSPS) is 11.4. The van der Waals surface area contributed by atoms with Crippen LogP contribution in [-0.4, -0.2) is 10.2 Å². The number of fused-ring (bicyclic) bond motifs is 2. The van der Waals surface area contributed by atoms with Crippen LogP contribution < -0.4 is 5.43 Å². The number of phenolic OH excluding ortho intramolecular Hbond substituents is 2. The van der Waals surface area contributed by atoms with Gasteiger partial charge in [-0.25, -0.2) is 0 Å². The molecule has 92 valence electrons. The molecule has 5 heteroatoms. The molecule has 0 aliphatic rings. The van der Waals surface area contributed by atoms with E-state index in [1.165, 1.54) is 18.4 Å². The number of hydrogen-bond acceptors (Lipinski definition) is 5. The van der Waals surface area contributed by atoms with Crippen molar-refractivity contribution in [3.8, 4) is 11.5 Å². The Morgan fingerprint density at radius 2 is 2.00 bits per heavy atom. The molecule has 3 rings (SSSR count). The van der Waals surface area contributed by atoms with Crippen molar-refractivity contribution in [3.63, 3.8) is 0 Å². The quantitative estimate of drug-likeness (QED) is 0.644. The Kier molecular flexibility index (Phi) is 2.10. The molecular weight excluding hydrogens is 236 g/mol. The molecule has 0 amide bonds. The minimum atomic E-state index is -0.385. The Labute approximate surface area is 101 Å². The predicted octanol–water partition coefficient (Wildman–Crippen LogP) is 2.51. The summed E-state index contributed by atoms with van der Waals surface area (Å²) in [5.74, 6) is -0.0636. The molecule has 0 aliphatic heterocycles. The highest BCUT2D eigenvalue weighted by molar-refractivity contribution is 6.05. The van der Waals surface area contributed by atoms with E-state index < -0.39 is 0 Å². The van der Waals surface area contributed by atoms with Gasteiger partial charge in [-0.1, -0.05) is 6.92 Å². The summed E-state index contributed by atoms with van der Waals surface area (Å²) in [5, 5.41) is 20.3. The first-order valence-electron chi connectivity index (χ1n) is 5.51. The largest absolute Gasteiger partial charge is 0.506 e. The van der Waals surface area contributed by atoms with E-state index in [1.54, 1.807) is 0 Å². The zero-order valence-electron chi connectivity index (χ0n) is 9.56. The third-order valence-corrected chi connectivity index (χ3v) is 2.93. The molecule has 0 saturated carbocycles. The van der Waals surface area contributed by atoms with Gasteiger partial charge in [0.2, 0.25) is 5.75 Å². The second-order valence-electron chi connectivity index (χ2n) is 4.00. The van der Waals surface area contributed by atoms with Gasteiger partial charge in [0.25, 0.3) is 0 Å². The van der Waals surface area contributed by atoms with Gasteiger partial charge in [0.05, 0.1) is 11.6 Å². The molecule has 0 bridgehead atoms. The number of phenols is 2. The molecule has 0 spiro atoms. The van der Waals surface area contributed by atoms with Crippen LogP contribution in [0, 0.1) is 0 Å². The van der Waals surface area contributed by atoms with Crippen LogP contribution in [0.15, 0.2) is 32.0 Å². The van der Waals surface area contributed by atoms with Gasteiger partial charge in [-0.3, -0.25) is 4.79 Å². The highest BCUT2D eigenvalue weighted by Gasteiger charge is 2.20. The average molecular weight is 246 g/mol. The summed E-state index contributed by atoms with van der Waals surface area (Å²) in [5.41, 5.74) is -0.320. The van der Waals surface area contributed by atoms with Crippen LogP contribution in [0.4, 0.5) is 0 Å². The van der Waals surface area contributed by atoms with Crippen molar-refractivity contribution in [3.05, 3.63) is 34.4 Å². The molecule has 0 atom stereocenters. The average Bonchev–Trinajstić information content (AvgIpc) is 2.84. The first-order chi connectivity index (χ1) is 8.63. The Hall–Kier alpha value is -2.43. The lowest BCUT2D eigenvalue weighted by Crippen LogP contribution is -2.02. The van der Waals surface area contributed by atoms with Crippen LogP contribution in [0.1, 0.15) is 12.7 Å². The maximum absolute atomic E-state index is 11.9. The smallest absolute Gasteiger partial charge is 0.203 e. The number of aryl methyl sites for hydroxylation is 1. The van der Waals surface area contributed by atoms with Gasteiger partial charge in [-0.2, -0.15) is 0 Å². The number of aromatic hydroxyl groups is 2. The molecule has 0 saturated heterocycles. The highest BCUT2D eigenvalue weighted by Crippen LogP contribution is 2.40. The molecule has 2 heterocycles. The third-order valence-electron chi connectivity index (χ3n) is 2.93. The topological polar surface area (TPSA) is 83.8 Å². The van der Waals surface area contributed by atoms with Crippen molar-refractivity contribution in [1.82, 2.24) is 0 Å². The van der Waals surface area contributed by atoms with E-state index in [0.717, 1.165) is 0 Å². The van der Waals surface area contributed by atoms with Gasteiger partial charge in [0, 0.05) is 12.5 Å². The van der Waals surface area contributed by atoms with Crippen molar-refractivity contribution in [2.24, 2.45) is 0 Å². The standard InChI is InChI=1S/C13H10O5/c1-2-6-5-8(14)9-10(15)7-3-4-17-12(7)11(16)13(9)18-6/h3-5,15-16H,2H2,1H3. The fraction of sp³-hybridized carbons (Fsp3) is 0.154. The molecule has 5 nitrogen and oxygen atoms in total. The summed E-state index contributed by atoms with van der Waals surface area (Å²) < 4.78 is 10.5. The van der Waals surface area contributed by atoms with Crippen molar-refractivity contribution < 1.29 is 19.0 Å². The van der Waals surface area contributed by atoms with Gasteiger partial charge < -0.3 is 19.0 Å². The zero-order chi connectivity index (χ0) is 12.9. The van der Waals surface area contributed by atoms with Gasteiger partial charge >= 0.3 is 0 Å². The summed E-state index contributed by atoms with van der Waals surface area (Å²) in [7, 11) is 0. The SMILES string of the molecule is CCc1cc(=O)c2c(O)c3ccoc3c(O)c2o1. The van der Waals surface area contributed by atoms with Crippen LogP contribution in [0.25, 0.3) is 21.9 Å². The Bertz CT molecular complexity index is 809. The van der Waals surface area contributed by atoms with E-state index in [-0.39, 0.29) is 38.9 Å². The summed E-state index contributed by atoms with van der Waals surface area (Å²) >= 11 is 0. The van der Waals surface area contributed by atoms with Gasteiger partial charge in [0.15, 0.2) is 16.6 Å². The number of furan rings is 1. The monoisotopic (exact) mass is 246 g/mol. The summed E-state index contributed by atoms with van der Waals surface area (Å²) in [6.45, 7) is 1.83. The molecular formula is C13H10O5. The van der Waals surface area contributed by atoms with Crippen LogP contribution >= 0.6 is 0 Å². The molecule has 2 aromatic heterocycles. The zero-order valence-corrected chi connectivity index (χ0v) is 9.56. The van der Waals surface area contributed by atoms with Crippen LogP contribution in [-0.2, 0) is 6.42 Å². The highest BCUT2D eigenvalue weighted by atomic mass is 16.4. The lowest BCUT2D eigenvalue weighted by atomic mass is 10.1. The van der Waals surface area contributed by atoms with E-state index >= 15 is 0 Å². The van der Waals surface area contributed by atoms with Crippen molar-refractivity contribution in [2.45, 2.75) is 13.3 Å². The molecule has 18 heavy (non-hydrogen) atoms. The molecule has 0 radical (unpaired) electrons. The minimum absolute atomic E-state index is 0.0291. The summed E-state index contributed by atoms with van der Waals surface area (Å²) in [6.07, 6.45) is 1.84. The van der Waals surface area contributed by atoms with Crippen LogP contribution in [0.2, 0.25) is 0 Å². The lowest BCUT2D eigenvalue weighted by Gasteiger charge is -2.05. The molecule has 0 unspecified atom stereocenters. The Morgan fingerprint density at radius 1 is 1.22 bits per heavy atom. The fourth-order valence-electron chi connectivity index (χ4n) is 2.02. The predicted molar refractivity (Wildman–Crippen MR) is 65.0 cm³/mol. The lowest BCUT2D eigenvalue weighted by molar-refractivity contribution is 0.443. The summed E-state index contributed by atoms with van der Waals surface area (Å²) in [6, 6.07) is 2.80. The van der Waals surface area contributed by atoms with Crippen molar-refractivity contribution >= 4 is 21.9 Å². The first kappa shape index (κ1) is 10.7. The maximum atomic E-state index is 11.9. The molecule has 2 N–H and O–H groups in total. The number of benzene rings is 1. The molecule has 1 aromatic carbocycles. The van der Waals surface area contributed by atoms with Crippen molar-refractivity contribution in [2.75, 3.05) is 0 Å². The maximum Gasteiger partial charge on any atom is 0.203 e. The van der Waals surface area contributed by atoms with E-state index in [9.17, 15) is 15.0 Å². The van der Waals surface area contributed by atoms with E-state index in [2.05, 4.69) is 0 Å². The second kappa shape index (κ2) is 3.53. The fourth-order valence-corrected chi connectivity index (χ4v) is 2.02. The van der Waals surface area contributed by atoms with E-state index in [1.807, 2.05) is 6.92 Å². The van der Waals surface area contributed by atoms with Crippen molar-refractivity contribution in [1.29, 1.82) is 0 Å². The van der Waals surface area contributed by atoms with Gasteiger partial charge in [-0.05, 0) is 6.07 Å². The third kappa shape index (κ3) is 1.24. The number of rotatable bonds is 1. The Balaban J connectivity index is 2.64. The van der Waals surface area contributed by atoms with Crippen LogP contribution in [0.5, 0.6) is 11.5 Å². The van der Waals surface area contributed by atoms with Gasteiger partial charge in [0.1, 0.15) is 16.9 Å². The first-order valence-corrected chi connectivity index (χ1v) is 5.51. The molecule has 0 aliphatic carbocycles. The molecule has 0 fully saturated rings.